The third kappa shape index (κ3) is 9.26. The van der Waals surface area contributed by atoms with Crippen molar-refractivity contribution in [3.8, 4) is 5.75 Å². The van der Waals surface area contributed by atoms with Gasteiger partial charge in [0.25, 0.3) is 5.91 Å². The van der Waals surface area contributed by atoms with E-state index in [0.717, 1.165) is 31.7 Å². The Morgan fingerprint density at radius 3 is 2.56 bits per heavy atom. The molecule has 0 saturated carbocycles. The van der Waals surface area contributed by atoms with Gasteiger partial charge in [0.05, 0.1) is 27.2 Å². The summed E-state index contributed by atoms with van der Waals surface area (Å²) in [6, 6.07) is 6.41. The van der Waals surface area contributed by atoms with Crippen molar-refractivity contribution in [2.75, 3.05) is 40.3 Å². The molecule has 0 saturated heterocycles. The van der Waals surface area contributed by atoms with Gasteiger partial charge in [0.15, 0.2) is 6.54 Å². The number of quaternary nitrogens is 1. The lowest BCUT2D eigenvalue weighted by molar-refractivity contribution is -0.882. The molecule has 0 aliphatic heterocycles. The van der Waals surface area contributed by atoms with Gasteiger partial charge in [-0.1, -0.05) is 32.9 Å². The van der Waals surface area contributed by atoms with E-state index in [1.807, 2.05) is 0 Å². The Labute approximate surface area is 164 Å². The summed E-state index contributed by atoms with van der Waals surface area (Å²) in [6.45, 7) is 11.4. The molecule has 5 heteroatoms. The number of hydrogen-bond acceptors (Lipinski definition) is 2. The molecular formula is C20H35BrN2O2. The topological polar surface area (TPSA) is 38.3 Å². The molecule has 0 spiro atoms. The summed E-state index contributed by atoms with van der Waals surface area (Å²) >= 11 is 0. The van der Waals surface area contributed by atoms with E-state index in [1.165, 1.54) is 11.1 Å². The number of carbonyl (C=O) groups excluding carboxylic acids is 1. The number of ether oxygens (including phenoxy) is 1. The molecule has 0 unspecified atom stereocenters. The maximum atomic E-state index is 11.9. The van der Waals surface area contributed by atoms with Crippen LogP contribution in [0.1, 0.15) is 50.7 Å². The lowest BCUT2D eigenvalue weighted by Crippen LogP contribution is -3.00. The van der Waals surface area contributed by atoms with Crippen molar-refractivity contribution in [3.63, 3.8) is 0 Å². The minimum absolute atomic E-state index is 0. The van der Waals surface area contributed by atoms with E-state index in [9.17, 15) is 4.79 Å². The van der Waals surface area contributed by atoms with Crippen LogP contribution in [0.4, 0.5) is 0 Å². The van der Waals surface area contributed by atoms with Crippen molar-refractivity contribution in [2.24, 2.45) is 0 Å². The van der Waals surface area contributed by atoms with E-state index in [4.69, 9.17) is 4.74 Å². The fraction of sp³-hybridized carbons (Fsp3) is 0.650. The van der Waals surface area contributed by atoms with Crippen LogP contribution in [-0.2, 0) is 4.79 Å². The van der Waals surface area contributed by atoms with Gasteiger partial charge in [0.2, 0.25) is 0 Å². The molecule has 0 bridgehead atoms. The molecule has 0 aliphatic carbocycles. The Morgan fingerprint density at radius 2 is 1.96 bits per heavy atom. The Balaban J connectivity index is 0.00000576. The third-order valence-corrected chi connectivity index (χ3v) is 4.10. The number of nitrogens with one attached hydrogen (secondary N) is 1. The van der Waals surface area contributed by atoms with Gasteiger partial charge in [-0.05, 0) is 36.5 Å². The predicted octanol–water partition coefficient (Wildman–Crippen LogP) is 0.494. The molecule has 1 N–H and O–H groups in total. The zero-order valence-electron chi connectivity index (χ0n) is 16.7. The van der Waals surface area contributed by atoms with Crippen LogP contribution in [0.25, 0.3) is 0 Å². The molecular weight excluding hydrogens is 380 g/mol. The van der Waals surface area contributed by atoms with Gasteiger partial charge in [-0.3, -0.25) is 4.79 Å². The first-order valence-corrected chi connectivity index (χ1v) is 9.07. The molecule has 144 valence electrons. The van der Waals surface area contributed by atoms with Crippen molar-refractivity contribution < 1.29 is 31.0 Å². The van der Waals surface area contributed by atoms with E-state index < -0.39 is 0 Å². The normalized spacial score (nSPS) is 11.2. The van der Waals surface area contributed by atoms with Gasteiger partial charge >= 0.3 is 0 Å². The summed E-state index contributed by atoms with van der Waals surface area (Å²) in [5.41, 5.74) is 2.48. The summed E-state index contributed by atoms with van der Waals surface area (Å²) in [5, 5.41) is 2.95. The smallest absolute Gasteiger partial charge is 0.275 e. The molecule has 25 heavy (non-hydrogen) atoms. The molecule has 0 aromatic heterocycles. The van der Waals surface area contributed by atoms with Crippen LogP contribution in [-0.4, -0.2) is 50.7 Å². The van der Waals surface area contributed by atoms with E-state index in [1.54, 1.807) is 0 Å². The van der Waals surface area contributed by atoms with Gasteiger partial charge in [-0.15, -0.1) is 0 Å². The average Bonchev–Trinajstić information content (AvgIpc) is 2.49. The maximum Gasteiger partial charge on any atom is 0.275 e. The lowest BCUT2D eigenvalue weighted by atomic mass is 10.0. The highest BCUT2D eigenvalue weighted by atomic mass is 79.9. The van der Waals surface area contributed by atoms with Crippen LogP contribution in [0.2, 0.25) is 0 Å². The molecule has 1 aromatic rings. The molecule has 1 aromatic carbocycles. The van der Waals surface area contributed by atoms with Gasteiger partial charge in [0, 0.05) is 13.0 Å². The van der Waals surface area contributed by atoms with E-state index in [0.29, 0.717) is 23.6 Å². The van der Waals surface area contributed by atoms with Gasteiger partial charge in [-0.2, -0.15) is 0 Å². The van der Waals surface area contributed by atoms with Crippen LogP contribution in [0.3, 0.4) is 0 Å². The summed E-state index contributed by atoms with van der Waals surface area (Å²) in [5.74, 6) is 1.58. The number of amides is 1. The summed E-state index contributed by atoms with van der Waals surface area (Å²) < 4.78 is 6.72. The Kier molecular flexibility index (Phi) is 11.0. The number of hydrogen-bond donors (Lipinski definition) is 1. The zero-order valence-corrected chi connectivity index (χ0v) is 18.3. The number of aryl methyl sites for hydroxylation is 1. The van der Waals surface area contributed by atoms with Crippen LogP contribution < -0.4 is 27.0 Å². The first kappa shape index (κ1) is 23.9. The first-order valence-electron chi connectivity index (χ1n) is 9.07. The number of rotatable bonds is 10. The van der Waals surface area contributed by atoms with Gasteiger partial charge in [0.1, 0.15) is 5.75 Å². The molecule has 0 fully saturated rings. The molecule has 4 nitrogen and oxygen atoms in total. The summed E-state index contributed by atoms with van der Waals surface area (Å²) in [6.07, 6.45) is 1.90. The second-order valence-electron chi connectivity index (χ2n) is 7.57. The SMILES string of the molecule is CCCNC(=O)C[N+](C)(C)CCCOc1cc(C)ccc1C(C)C.[Br-]. The maximum absolute atomic E-state index is 11.9. The Bertz CT molecular complexity index is 530. The van der Waals surface area contributed by atoms with Crippen molar-refractivity contribution in [2.45, 2.75) is 46.5 Å². The van der Waals surface area contributed by atoms with E-state index >= 15 is 0 Å². The molecule has 0 heterocycles. The molecule has 0 atom stereocenters. The molecule has 0 radical (unpaired) electrons. The fourth-order valence-electron chi connectivity index (χ4n) is 2.71. The number of carbonyl (C=O) groups is 1. The van der Waals surface area contributed by atoms with Crippen molar-refractivity contribution in [3.05, 3.63) is 29.3 Å². The van der Waals surface area contributed by atoms with Crippen molar-refractivity contribution in [1.29, 1.82) is 0 Å². The summed E-state index contributed by atoms with van der Waals surface area (Å²) in [4.78, 5) is 11.9. The van der Waals surface area contributed by atoms with Crippen LogP contribution in [0, 0.1) is 6.92 Å². The quantitative estimate of drug-likeness (QED) is 0.447. The highest BCUT2D eigenvalue weighted by Crippen LogP contribution is 2.27. The van der Waals surface area contributed by atoms with Crippen molar-refractivity contribution in [1.82, 2.24) is 5.32 Å². The monoisotopic (exact) mass is 414 g/mol. The number of nitrogens with zero attached hydrogens (tertiary/aromatic N) is 1. The average molecular weight is 415 g/mol. The molecule has 1 amide bonds. The second-order valence-corrected chi connectivity index (χ2v) is 7.57. The van der Waals surface area contributed by atoms with Gasteiger partial charge in [-0.25, -0.2) is 0 Å². The van der Waals surface area contributed by atoms with Crippen molar-refractivity contribution >= 4 is 5.91 Å². The number of benzene rings is 1. The zero-order chi connectivity index (χ0) is 18.2. The third-order valence-electron chi connectivity index (χ3n) is 4.10. The Morgan fingerprint density at radius 1 is 1.28 bits per heavy atom. The molecule has 1 rings (SSSR count). The lowest BCUT2D eigenvalue weighted by Gasteiger charge is -2.29. The standard InChI is InChI=1S/C20H34N2O2.BrH/c1-7-11-21-20(23)15-22(5,6)12-8-13-24-19-14-17(4)9-10-18(19)16(2)3;/h9-10,14,16H,7-8,11-13,15H2,1-6H3;1H. The largest absolute Gasteiger partial charge is 1.00 e. The number of halogens is 1. The van der Waals surface area contributed by atoms with Crippen LogP contribution >= 0.6 is 0 Å². The van der Waals surface area contributed by atoms with Crippen LogP contribution in [0.15, 0.2) is 18.2 Å². The highest BCUT2D eigenvalue weighted by molar-refractivity contribution is 5.76. The van der Waals surface area contributed by atoms with Gasteiger partial charge < -0.3 is 31.5 Å². The minimum Gasteiger partial charge on any atom is -1.00 e. The Hall–Kier alpha value is -1.07. The first-order chi connectivity index (χ1) is 11.2. The highest BCUT2D eigenvalue weighted by Gasteiger charge is 2.19. The van der Waals surface area contributed by atoms with E-state index in [2.05, 4.69) is 65.3 Å². The fourth-order valence-corrected chi connectivity index (χ4v) is 2.71. The molecule has 0 aliphatic rings. The summed E-state index contributed by atoms with van der Waals surface area (Å²) in [7, 11) is 4.19. The van der Waals surface area contributed by atoms with Crippen LogP contribution in [0.5, 0.6) is 5.75 Å². The predicted molar refractivity (Wildman–Crippen MR) is 101 cm³/mol. The van der Waals surface area contributed by atoms with E-state index in [-0.39, 0.29) is 22.9 Å². The minimum atomic E-state index is 0. The second kappa shape index (κ2) is 11.5. The number of likely N-dealkylation sites (N-methyl/N-ethyl adjacent to an activating group) is 1.